The summed E-state index contributed by atoms with van der Waals surface area (Å²) in [6.07, 6.45) is -1.28. The number of nitrogens with zero attached hydrogens (tertiary/aromatic N) is 3. The van der Waals surface area contributed by atoms with Crippen LogP contribution in [-0.2, 0) is 26.3 Å². The predicted octanol–water partition coefficient (Wildman–Crippen LogP) is 2.46. The number of quaternary nitrogens is 1. The van der Waals surface area contributed by atoms with Gasteiger partial charge in [-0.3, -0.25) is 4.57 Å². The van der Waals surface area contributed by atoms with Gasteiger partial charge in [-0.25, -0.2) is 0 Å². The zero-order chi connectivity index (χ0) is 18.0. The number of nitrogens with one attached hydrogen (secondary N) is 1. The summed E-state index contributed by atoms with van der Waals surface area (Å²) in [5.41, 5.74) is 1.35. The van der Waals surface area contributed by atoms with Crippen LogP contribution in [0.1, 0.15) is 24.2 Å². The Morgan fingerprint density at radius 1 is 1.20 bits per heavy atom. The van der Waals surface area contributed by atoms with Crippen LogP contribution < -0.4 is 4.90 Å². The van der Waals surface area contributed by atoms with E-state index < -0.39 is 12.0 Å². The fraction of sp³-hybridized carbons (Fsp3) is 0.529. The molecule has 1 N–H and O–H groups in total. The molecule has 4 nitrogen and oxygen atoms in total. The summed E-state index contributed by atoms with van der Waals surface area (Å²) in [5, 5.41) is 3.69. The number of hydrogen-bond donors (Lipinski definition) is 1. The average Bonchev–Trinajstić information content (AvgIpc) is 2.86. The molecule has 1 saturated heterocycles. The van der Waals surface area contributed by atoms with Gasteiger partial charge in [0.15, 0.2) is 6.67 Å². The number of hydrogen-bond acceptors (Lipinski definition) is 2. The first-order valence-electron chi connectivity index (χ1n) is 8.43. The van der Waals surface area contributed by atoms with Gasteiger partial charge in [-0.05, 0) is 43.0 Å². The molecule has 1 aliphatic heterocycles. The average molecular weight is 371 g/mol. The maximum Gasteiger partial charge on any atom is 0.451 e. The minimum absolute atomic E-state index is 0.117. The van der Waals surface area contributed by atoms with Crippen LogP contribution in [0.4, 0.5) is 13.2 Å². The Balaban J connectivity index is 1.59. The van der Waals surface area contributed by atoms with Crippen molar-refractivity contribution in [2.75, 3.05) is 13.1 Å². The second-order valence-corrected chi connectivity index (χ2v) is 7.07. The van der Waals surface area contributed by atoms with Crippen molar-refractivity contribution in [3.63, 3.8) is 0 Å². The van der Waals surface area contributed by atoms with Crippen molar-refractivity contribution < 1.29 is 18.1 Å². The van der Waals surface area contributed by atoms with E-state index in [9.17, 15) is 13.2 Å². The zero-order valence-corrected chi connectivity index (χ0v) is 14.9. The monoisotopic (exact) mass is 371 g/mol. The molecule has 1 fully saturated rings. The number of aromatic nitrogens is 3. The molecule has 8 heteroatoms. The molecular formula is C17H22F3N4S+. The Labute approximate surface area is 149 Å². The second kappa shape index (κ2) is 7.29. The van der Waals surface area contributed by atoms with E-state index in [4.69, 9.17) is 12.2 Å². The standard InChI is InChI=1S/C17H21F3N4S/c1-22-15(17(18,19)20)21-24(16(22)25)12-23-9-7-14(8-10-23)11-13-5-3-2-4-6-13/h2-6,14H,7-12H2,1H3/p+1. The molecule has 25 heavy (non-hydrogen) atoms. The third-order valence-electron chi connectivity index (χ3n) is 4.85. The van der Waals surface area contributed by atoms with Crippen LogP contribution >= 0.6 is 12.2 Å². The molecule has 1 aromatic carbocycles. The summed E-state index contributed by atoms with van der Waals surface area (Å²) in [5.74, 6) is -0.301. The summed E-state index contributed by atoms with van der Waals surface area (Å²) in [6.45, 7) is 2.25. The first-order valence-corrected chi connectivity index (χ1v) is 8.84. The second-order valence-electron chi connectivity index (χ2n) is 6.70. The molecule has 0 aliphatic carbocycles. The molecule has 0 bridgehead atoms. The summed E-state index contributed by atoms with van der Waals surface area (Å²) in [6, 6.07) is 10.4. The molecule has 0 atom stereocenters. The van der Waals surface area contributed by atoms with Gasteiger partial charge in [0.25, 0.3) is 0 Å². The van der Waals surface area contributed by atoms with Crippen LogP contribution in [-0.4, -0.2) is 27.4 Å². The fourth-order valence-corrected chi connectivity index (χ4v) is 3.64. The van der Waals surface area contributed by atoms with E-state index in [2.05, 4.69) is 29.4 Å². The topological polar surface area (TPSA) is 27.2 Å². The molecular weight excluding hydrogens is 349 g/mol. The van der Waals surface area contributed by atoms with Crippen LogP contribution in [0.2, 0.25) is 0 Å². The Bertz CT molecular complexity index is 758. The van der Waals surface area contributed by atoms with E-state index in [1.165, 1.54) is 22.2 Å². The number of alkyl halides is 3. The van der Waals surface area contributed by atoms with E-state index in [1.807, 2.05) is 6.07 Å². The largest absolute Gasteiger partial charge is 0.451 e. The van der Waals surface area contributed by atoms with Crippen LogP contribution in [0.15, 0.2) is 30.3 Å². The normalized spacial score (nSPS) is 21.4. The molecule has 1 aliphatic rings. The Hall–Kier alpha value is -1.67. The smallest absolute Gasteiger partial charge is 0.316 e. The molecule has 0 unspecified atom stereocenters. The fourth-order valence-electron chi connectivity index (χ4n) is 3.45. The van der Waals surface area contributed by atoms with Crippen molar-refractivity contribution in [1.82, 2.24) is 14.3 Å². The van der Waals surface area contributed by atoms with Gasteiger partial charge in [-0.15, -0.1) is 5.10 Å². The predicted molar refractivity (Wildman–Crippen MR) is 90.6 cm³/mol. The Morgan fingerprint density at radius 3 is 2.40 bits per heavy atom. The minimum Gasteiger partial charge on any atom is -0.316 e. The first-order chi connectivity index (χ1) is 11.8. The molecule has 1 aromatic heterocycles. The van der Waals surface area contributed by atoms with E-state index in [0.717, 1.165) is 36.9 Å². The van der Waals surface area contributed by atoms with E-state index >= 15 is 0 Å². The Morgan fingerprint density at radius 2 is 1.84 bits per heavy atom. The molecule has 2 aromatic rings. The van der Waals surface area contributed by atoms with Crippen LogP contribution in [0.5, 0.6) is 0 Å². The van der Waals surface area contributed by atoms with Crippen molar-refractivity contribution in [1.29, 1.82) is 0 Å². The minimum atomic E-state index is -4.48. The van der Waals surface area contributed by atoms with Crippen molar-refractivity contribution in [2.45, 2.75) is 32.1 Å². The molecule has 3 rings (SSSR count). The van der Waals surface area contributed by atoms with Gasteiger partial charge in [0.05, 0.1) is 13.1 Å². The van der Waals surface area contributed by atoms with Gasteiger partial charge >= 0.3 is 6.18 Å². The number of halogens is 3. The summed E-state index contributed by atoms with van der Waals surface area (Å²) < 4.78 is 41.2. The van der Waals surface area contributed by atoms with Crippen LogP contribution in [0, 0.1) is 10.7 Å². The van der Waals surface area contributed by atoms with Gasteiger partial charge in [0.2, 0.25) is 10.6 Å². The maximum atomic E-state index is 12.9. The molecule has 0 amide bonds. The summed E-state index contributed by atoms with van der Waals surface area (Å²) >= 11 is 5.11. The summed E-state index contributed by atoms with van der Waals surface area (Å²) in [7, 11) is 1.32. The molecule has 0 radical (unpaired) electrons. The molecule has 136 valence electrons. The zero-order valence-electron chi connectivity index (χ0n) is 14.1. The SMILES string of the molecule is Cn1c(C(F)(F)F)nn(C[NH+]2CCC(Cc3ccccc3)CC2)c1=S. The van der Waals surface area contributed by atoms with Crippen molar-refractivity contribution in [2.24, 2.45) is 13.0 Å². The number of benzene rings is 1. The quantitative estimate of drug-likeness (QED) is 0.836. The van der Waals surface area contributed by atoms with Gasteiger partial charge in [0, 0.05) is 7.05 Å². The number of likely N-dealkylation sites (tertiary alicyclic amines) is 1. The van der Waals surface area contributed by atoms with Gasteiger partial charge in [-0.1, -0.05) is 30.3 Å². The lowest BCUT2D eigenvalue weighted by Gasteiger charge is -2.29. The molecule has 0 spiro atoms. The molecule has 0 saturated carbocycles. The van der Waals surface area contributed by atoms with Crippen molar-refractivity contribution in [3.8, 4) is 0 Å². The maximum absolute atomic E-state index is 12.9. The highest BCUT2D eigenvalue weighted by molar-refractivity contribution is 7.71. The lowest BCUT2D eigenvalue weighted by atomic mass is 9.90. The van der Waals surface area contributed by atoms with Gasteiger partial charge in [0.1, 0.15) is 0 Å². The highest BCUT2D eigenvalue weighted by atomic mass is 32.1. The number of rotatable bonds is 4. The molecule has 2 heterocycles. The lowest BCUT2D eigenvalue weighted by Crippen LogP contribution is -3.12. The van der Waals surface area contributed by atoms with Crippen molar-refractivity contribution in [3.05, 3.63) is 46.5 Å². The van der Waals surface area contributed by atoms with Gasteiger partial charge < -0.3 is 4.90 Å². The van der Waals surface area contributed by atoms with E-state index in [0.29, 0.717) is 12.6 Å². The van der Waals surface area contributed by atoms with E-state index in [-0.39, 0.29) is 4.77 Å². The number of piperidine rings is 1. The van der Waals surface area contributed by atoms with Crippen molar-refractivity contribution >= 4 is 12.2 Å². The van der Waals surface area contributed by atoms with Crippen LogP contribution in [0.25, 0.3) is 0 Å². The van der Waals surface area contributed by atoms with Crippen LogP contribution in [0.3, 0.4) is 0 Å². The third-order valence-corrected chi connectivity index (χ3v) is 5.33. The highest BCUT2D eigenvalue weighted by Gasteiger charge is 2.37. The Kier molecular flexibility index (Phi) is 5.29. The van der Waals surface area contributed by atoms with E-state index in [1.54, 1.807) is 0 Å². The lowest BCUT2D eigenvalue weighted by molar-refractivity contribution is -0.929. The first kappa shape index (κ1) is 18.1. The summed E-state index contributed by atoms with van der Waals surface area (Å²) in [4.78, 5) is 1.23. The highest BCUT2D eigenvalue weighted by Crippen LogP contribution is 2.27. The van der Waals surface area contributed by atoms with Gasteiger partial charge in [-0.2, -0.15) is 17.9 Å². The third kappa shape index (κ3) is 4.30.